The normalized spacial score (nSPS) is 49.6. The van der Waals surface area contributed by atoms with E-state index < -0.39 is 0 Å². The largest absolute Gasteiger partial charge is 0.377 e. The highest BCUT2D eigenvalue weighted by molar-refractivity contribution is 5.86. The molecule has 0 N–H and O–H groups in total. The Labute approximate surface area is 97.7 Å². The van der Waals surface area contributed by atoms with Crippen LogP contribution in [0.2, 0.25) is 0 Å². The Morgan fingerprint density at radius 1 is 1.25 bits per heavy atom. The van der Waals surface area contributed by atoms with E-state index in [0.717, 1.165) is 31.1 Å². The molecule has 4 rings (SSSR count). The maximum Gasteiger partial charge on any atom is 0.164 e. The van der Waals surface area contributed by atoms with Crippen LogP contribution < -0.4 is 0 Å². The summed E-state index contributed by atoms with van der Waals surface area (Å²) in [5.74, 6) is 2.04. The molecule has 4 fully saturated rings. The van der Waals surface area contributed by atoms with Gasteiger partial charge in [-0.25, -0.2) is 0 Å². The van der Waals surface area contributed by atoms with Crippen LogP contribution >= 0.6 is 0 Å². The highest BCUT2D eigenvalue weighted by Crippen LogP contribution is 2.65. The standard InChI is InChI=1S/C14H22O2/c1-13-4-10-3-11(5-13)7-14(6-10,9-13)12(15)8-16-2/h10-11H,3-9H2,1-2H3. The number of rotatable bonds is 3. The molecule has 2 atom stereocenters. The molecule has 0 aliphatic heterocycles. The fraction of sp³-hybridized carbons (Fsp3) is 0.929. The number of hydrogen-bond donors (Lipinski definition) is 0. The van der Waals surface area contributed by atoms with E-state index in [9.17, 15) is 4.79 Å². The summed E-state index contributed by atoms with van der Waals surface area (Å²) in [6, 6.07) is 0. The monoisotopic (exact) mass is 222 g/mol. The summed E-state index contributed by atoms with van der Waals surface area (Å²) in [4.78, 5) is 12.3. The van der Waals surface area contributed by atoms with Crippen LogP contribution in [0.1, 0.15) is 45.4 Å². The van der Waals surface area contributed by atoms with Gasteiger partial charge in [0.1, 0.15) is 6.61 Å². The van der Waals surface area contributed by atoms with Crippen LogP contribution in [0.4, 0.5) is 0 Å². The maximum absolute atomic E-state index is 12.3. The minimum atomic E-state index is 0.00877. The van der Waals surface area contributed by atoms with Crippen molar-refractivity contribution in [2.24, 2.45) is 22.7 Å². The smallest absolute Gasteiger partial charge is 0.164 e. The third-order valence-corrected chi connectivity index (χ3v) is 5.22. The Bertz CT molecular complexity index is 307. The molecule has 4 aliphatic carbocycles. The lowest BCUT2D eigenvalue weighted by Crippen LogP contribution is -2.54. The Balaban J connectivity index is 1.89. The van der Waals surface area contributed by atoms with E-state index in [1.807, 2.05) is 0 Å². The summed E-state index contributed by atoms with van der Waals surface area (Å²) in [7, 11) is 1.64. The molecular weight excluding hydrogens is 200 g/mol. The first-order valence-electron chi connectivity index (χ1n) is 6.58. The van der Waals surface area contributed by atoms with E-state index >= 15 is 0 Å². The molecule has 4 saturated carbocycles. The van der Waals surface area contributed by atoms with Crippen LogP contribution in [-0.2, 0) is 9.53 Å². The van der Waals surface area contributed by atoms with Crippen LogP contribution in [0.5, 0.6) is 0 Å². The van der Waals surface area contributed by atoms with Crippen molar-refractivity contribution >= 4 is 5.78 Å². The predicted octanol–water partition coefficient (Wildman–Crippen LogP) is 2.81. The number of hydrogen-bond acceptors (Lipinski definition) is 2. The number of ether oxygens (including phenoxy) is 1. The van der Waals surface area contributed by atoms with Gasteiger partial charge in [-0.15, -0.1) is 0 Å². The fourth-order valence-corrected chi connectivity index (χ4v) is 5.33. The first-order valence-corrected chi connectivity index (χ1v) is 6.58. The summed E-state index contributed by atoms with van der Waals surface area (Å²) in [6.07, 6.45) is 7.56. The zero-order chi connectivity index (χ0) is 11.4. The summed E-state index contributed by atoms with van der Waals surface area (Å²) in [5, 5.41) is 0. The minimum Gasteiger partial charge on any atom is -0.377 e. The molecule has 2 unspecified atom stereocenters. The van der Waals surface area contributed by atoms with Crippen molar-refractivity contribution < 1.29 is 9.53 Å². The summed E-state index contributed by atoms with van der Waals surface area (Å²) in [5.41, 5.74) is 0.475. The quantitative estimate of drug-likeness (QED) is 0.734. The van der Waals surface area contributed by atoms with Crippen molar-refractivity contribution in [3.8, 4) is 0 Å². The average molecular weight is 222 g/mol. The van der Waals surface area contributed by atoms with Gasteiger partial charge in [0.2, 0.25) is 0 Å². The van der Waals surface area contributed by atoms with Crippen LogP contribution in [0, 0.1) is 22.7 Å². The molecule has 0 saturated heterocycles. The summed E-state index contributed by atoms with van der Waals surface area (Å²) >= 11 is 0. The zero-order valence-corrected chi connectivity index (χ0v) is 10.4. The molecule has 0 aromatic rings. The van der Waals surface area contributed by atoms with Crippen molar-refractivity contribution in [2.45, 2.75) is 45.4 Å². The molecule has 4 aliphatic rings. The number of methoxy groups -OCH3 is 1. The van der Waals surface area contributed by atoms with Gasteiger partial charge in [0.05, 0.1) is 0 Å². The van der Waals surface area contributed by atoms with Crippen LogP contribution in [0.15, 0.2) is 0 Å². The molecule has 0 spiro atoms. The summed E-state index contributed by atoms with van der Waals surface area (Å²) in [6.45, 7) is 2.73. The molecule has 0 aromatic carbocycles. The topological polar surface area (TPSA) is 26.3 Å². The van der Waals surface area contributed by atoms with Crippen LogP contribution in [-0.4, -0.2) is 19.5 Å². The van der Waals surface area contributed by atoms with Gasteiger partial charge in [-0.05, 0) is 55.8 Å². The lowest BCUT2D eigenvalue weighted by molar-refractivity contribution is -0.156. The molecule has 90 valence electrons. The number of carbonyl (C=O) groups excluding carboxylic acids is 1. The highest BCUT2D eigenvalue weighted by Gasteiger charge is 2.58. The van der Waals surface area contributed by atoms with Crippen molar-refractivity contribution in [1.29, 1.82) is 0 Å². The van der Waals surface area contributed by atoms with Gasteiger partial charge < -0.3 is 4.74 Å². The molecule has 0 amide bonds. The van der Waals surface area contributed by atoms with Crippen molar-refractivity contribution in [1.82, 2.24) is 0 Å². The van der Waals surface area contributed by atoms with Crippen LogP contribution in [0.25, 0.3) is 0 Å². The van der Waals surface area contributed by atoms with Crippen molar-refractivity contribution in [2.75, 3.05) is 13.7 Å². The lowest BCUT2D eigenvalue weighted by atomic mass is 9.44. The number of Topliss-reactive ketones (excluding diaryl/α,β-unsaturated/α-hetero) is 1. The van der Waals surface area contributed by atoms with E-state index in [2.05, 4.69) is 6.92 Å². The van der Waals surface area contributed by atoms with E-state index in [4.69, 9.17) is 4.74 Å². The molecule has 0 aromatic heterocycles. The van der Waals surface area contributed by atoms with Crippen molar-refractivity contribution in [3.05, 3.63) is 0 Å². The minimum absolute atomic E-state index is 0.00877. The van der Waals surface area contributed by atoms with Gasteiger partial charge in [0.25, 0.3) is 0 Å². The van der Waals surface area contributed by atoms with E-state index in [1.54, 1.807) is 7.11 Å². The SMILES string of the molecule is COCC(=O)C12CC3CC(CC(C)(C3)C1)C2. The molecule has 16 heavy (non-hydrogen) atoms. The van der Waals surface area contributed by atoms with Gasteiger partial charge in [0.15, 0.2) is 5.78 Å². The Morgan fingerprint density at radius 3 is 2.38 bits per heavy atom. The molecule has 0 heterocycles. The molecular formula is C14H22O2. The third-order valence-electron chi connectivity index (χ3n) is 5.22. The zero-order valence-electron chi connectivity index (χ0n) is 10.4. The fourth-order valence-electron chi connectivity index (χ4n) is 5.33. The predicted molar refractivity (Wildman–Crippen MR) is 62.1 cm³/mol. The van der Waals surface area contributed by atoms with E-state index in [-0.39, 0.29) is 5.41 Å². The second kappa shape index (κ2) is 3.32. The maximum atomic E-state index is 12.3. The Hall–Kier alpha value is -0.370. The lowest BCUT2D eigenvalue weighted by Gasteiger charge is -2.60. The van der Waals surface area contributed by atoms with Gasteiger partial charge >= 0.3 is 0 Å². The molecule has 0 radical (unpaired) electrons. The van der Waals surface area contributed by atoms with Gasteiger partial charge in [-0.2, -0.15) is 0 Å². The number of ketones is 1. The second-order valence-electron chi connectivity index (χ2n) is 6.91. The van der Waals surface area contributed by atoms with Gasteiger partial charge in [-0.1, -0.05) is 6.92 Å². The first kappa shape index (κ1) is 10.8. The van der Waals surface area contributed by atoms with Gasteiger partial charge in [-0.3, -0.25) is 4.79 Å². The molecule has 2 nitrogen and oxygen atoms in total. The van der Waals surface area contributed by atoms with E-state index in [1.165, 1.54) is 19.3 Å². The Kier molecular flexibility index (Phi) is 2.23. The van der Waals surface area contributed by atoms with E-state index in [0.29, 0.717) is 17.8 Å². The van der Waals surface area contributed by atoms with Gasteiger partial charge in [0, 0.05) is 12.5 Å². The molecule has 4 bridgehead atoms. The summed E-state index contributed by atoms with van der Waals surface area (Å²) < 4.78 is 5.08. The molecule has 2 heteroatoms. The van der Waals surface area contributed by atoms with Crippen molar-refractivity contribution in [3.63, 3.8) is 0 Å². The average Bonchev–Trinajstić information content (AvgIpc) is 2.13. The first-order chi connectivity index (χ1) is 7.55. The highest BCUT2D eigenvalue weighted by atomic mass is 16.5. The third kappa shape index (κ3) is 1.46. The number of carbonyl (C=O) groups is 1. The van der Waals surface area contributed by atoms with Crippen LogP contribution in [0.3, 0.4) is 0 Å². The second-order valence-corrected chi connectivity index (χ2v) is 6.91. The Morgan fingerprint density at radius 2 is 1.88 bits per heavy atom.